The number of aliphatic hydroxyl groups excluding tert-OH is 1. The van der Waals surface area contributed by atoms with Gasteiger partial charge in [-0.3, -0.25) is 9.89 Å². The van der Waals surface area contributed by atoms with Crippen LogP contribution in [0.25, 0.3) is 22.4 Å². The molecule has 0 aliphatic carbocycles. The smallest absolute Gasteiger partial charge is 0.257 e. The molecule has 0 spiro atoms. The van der Waals surface area contributed by atoms with Crippen LogP contribution in [-0.2, 0) is 0 Å². The molecule has 0 saturated carbocycles. The Bertz CT molecular complexity index is 907. The van der Waals surface area contributed by atoms with Gasteiger partial charge in [0, 0.05) is 37.7 Å². The topological polar surface area (TPSA) is 85.6 Å². The summed E-state index contributed by atoms with van der Waals surface area (Å²) in [6.07, 6.45) is 4.24. The normalized spacial score (nSPS) is 15.6. The third kappa shape index (κ3) is 3.68. The highest BCUT2D eigenvalue weighted by Crippen LogP contribution is 2.29. The number of carbonyl (C=O) groups excluding carboxylic acids is 1. The number of H-pyrrole nitrogens is 1. The van der Waals surface area contributed by atoms with Gasteiger partial charge >= 0.3 is 0 Å². The lowest BCUT2D eigenvalue weighted by atomic mass is 10.0. The Kier molecular flexibility index (Phi) is 5.45. The van der Waals surface area contributed by atoms with Gasteiger partial charge in [0.1, 0.15) is 11.3 Å². The maximum absolute atomic E-state index is 13.1. The van der Waals surface area contributed by atoms with Gasteiger partial charge in [0.25, 0.3) is 5.91 Å². The molecule has 148 valence electrons. The van der Waals surface area contributed by atoms with Crippen molar-refractivity contribution in [2.45, 2.75) is 25.3 Å². The van der Waals surface area contributed by atoms with Gasteiger partial charge in [0.2, 0.25) is 0 Å². The van der Waals surface area contributed by atoms with E-state index in [9.17, 15) is 4.79 Å². The van der Waals surface area contributed by atoms with Gasteiger partial charge in [0.15, 0.2) is 5.76 Å². The van der Waals surface area contributed by atoms with Gasteiger partial charge in [-0.25, -0.2) is 0 Å². The van der Waals surface area contributed by atoms with Crippen molar-refractivity contribution in [1.29, 1.82) is 0 Å². The summed E-state index contributed by atoms with van der Waals surface area (Å²) in [4.78, 5) is 17.3. The maximum atomic E-state index is 13.1. The first kappa shape index (κ1) is 18.7. The zero-order valence-electron chi connectivity index (χ0n) is 16.1. The lowest BCUT2D eigenvalue weighted by Gasteiger charge is -2.36. The van der Waals surface area contributed by atoms with Crippen molar-refractivity contribution in [2.75, 3.05) is 33.3 Å². The van der Waals surface area contributed by atoms with E-state index in [-0.39, 0.29) is 12.5 Å². The molecule has 7 nitrogen and oxygen atoms in total. The first-order valence-electron chi connectivity index (χ1n) is 9.80. The summed E-state index contributed by atoms with van der Waals surface area (Å²) >= 11 is 0. The summed E-state index contributed by atoms with van der Waals surface area (Å²) in [5, 5.41) is 17.0. The molecule has 0 unspecified atom stereocenters. The van der Waals surface area contributed by atoms with E-state index >= 15 is 0 Å². The molecule has 7 heteroatoms. The van der Waals surface area contributed by atoms with Gasteiger partial charge in [-0.05, 0) is 38.4 Å². The highest BCUT2D eigenvalue weighted by Gasteiger charge is 2.28. The first-order valence-corrected chi connectivity index (χ1v) is 9.80. The van der Waals surface area contributed by atoms with Crippen molar-refractivity contribution in [2.24, 2.45) is 0 Å². The van der Waals surface area contributed by atoms with Crippen molar-refractivity contribution in [3.8, 4) is 11.5 Å². The zero-order valence-corrected chi connectivity index (χ0v) is 16.1. The molecule has 0 bridgehead atoms. The van der Waals surface area contributed by atoms with E-state index in [0.29, 0.717) is 23.1 Å². The number of aliphatic hydroxyl groups is 1. The number of hydrogen-bond donors (Lipinski definition) is 2. The molecule has 3 heterocycles. The number of benzene rings is 1. The van der Waals surface area contributed by atoms with Crippen LogP contribution in [0.3, 0.4) is 0 Å². The Balaban J connectivity index is 1.46. The van der Waals surface area contributed by atoms with E-state index in [4.69, 9.17) is 9.52 Å². The number of nitrogens with zero attached hydrogens (tertiary/aromatic N) is 3. The summed E-state index contributed by atoms with van der Waals surface area (Å²) in [5.41, 5.74) is 1.96. The fraction of sp³-hybridized carbons (Fsp3) is 0.429. The quantitative estimate of drug-likeness (QED) is 0.685. The second-order valence-corrected chi connectivity index (χ2v) is 7.39. The molecule has 0 atom stereocenters. The minimum absolute atomic E-state index is 0.0133. The first-order chi connectivity index (χ1) is 13.7. The van der Waals surface area contributed by atoms with Crippen LogP contribution in [0.4, 0.5) is 0 Å². The van der Waals surface area contributed by atoms with Gasteiger partial charge in [0.05, 0.1) is 11.8 Å². The molecule has 0 radical (unpaired) electrons. The van der Waals surface area contributed by atoms with E-state index in [1.807, 2.05) is 35.2 Å². The number of aromatic nitrogens is 2. The van der Waals surface area contributed by atoms with Crippen LogP contribution in [-0.4, -0.2) is 70.3 Å². The second-order valence-electron chi connectivity index (χ2n) is 7.39. The van der Waals surface area contributed by atoms with Gasteiger partial charge in [-0.1, -0.05) is 18.2 Å². The van der Waals surface area contributed by atoms with Crippen molar-refractivity contribution < 1.29 is 14.3 Å². The highest BCUT2D eigenvalue weighted by atomic mass is 16.3. The van der Waals surface area contributed by atoms with E-state index in [0.717, 1.165) is 49.9 Å². The molecule has 4 rings (SSSR count). The fourth-order valence-electron chi connectivity index (χ4n) is 3.92. The third-order valence-corrected chi connectivity index (χ3v) is 5.59. The predicted octanol–water partition coefficient (Wildman–Crippen LogP) is 2.74. The largest absolute Gasteiger partial charge is 0.454 e. The molecule has 28 heavy (non-hydrogen) atoms. The maximum Gasteiger partial charge on any atom is 0.257 e. The van der Waals surface area contributed by atoms with Crippen LogP contribution in [0, 0.1) is 0 Å². The van der Waals surface area contributed by atoms with Crippen LogP contribution in [0.5, 0.6) is 0 Å². The molecule has 1 saturated heterocycles. The Hall–Kier alpha value is -2.64. The van der Waals surface area contributed by atoms with Crippen LogP contribution in [0.2, 0.25) is 0 Å². The number of aromatic amines is 1. The standard InChI is InChI=1S/C21H26N4O3/c1-24(9-4-12-26)16-7-10-25(11-8-16)21(27)17-14-22-23-20(17)19-13-15-5-2-3-6-18(15)28-19/h2-3,5-6,13-14,16,26H,4,7-12H2,1H3,(H,22,23). The van der Waals surface area contributed by atoms with Crippen molar-refractivity contribution in [1.82, 2.24) is 20.0 Å². The summed E-state index contributed by atoms with van der Waals surface area (Å²) in [5.74, 6) is 0.612. The van der Waals surface area contributed by atoms with Gasteiger partial charge < -0.3 is 19.3 Å². The number of carbonyl (C=O) groups is 1. The summed E-state index contributed by atoms with van der Waals surface area (Å²) < 4.78 is 5.91. The monoisotopic (exact) mass is 382 g/mol. The van der Waals surface area contributed by atoms with Crippen molar-refractivity contribution in [3.63, 3.8) is 0 Å². The lowest BCUT2D eigenvalue weighted by Crippen LogP contribution is -2.45. The predicted molar refractivity (Wildman–Crippen MR) is 107 cm³/mol. The molecular formula is C21H26N4O3. The number of amides is 1. The van der Waals surface area contributed by atoms with Crippen molar-refractivity contribution >= 4 is 16.9 Å². The number of rotatable bonds is 6. The van der Waals surface area contributed by atoms with E-state index in [1.165, 1.54) is 0 Å². The molecule has 1 fully saturated rings. The number of para-hydroxylation sites is 1. The summed E-state index contributed by atoms with van der Waals surface area (Å²) in [6.45, 7) is 2.54. The molecular weight excluding hydrogens is 356 g/mol. The Labute approximate surface area is 163 Å². The summed E-state index contributed by atoms with van der Waals surface area (Å²) in [6, 6.07) is 10.2. The average molecular weight is 382 g/mol. The van der Waals surface area contributed by atoms with Crippen LogP contribution >= 0.6 is 0 Å². The van der Waals surface area contributed by atoms with Crippen LogP contribution in [0.15, 0.2) is 40.9 Å². The Morgan fingerprint density at radius 3 is 2.89 bits per heavy atom. The number of likely N-dealkylation sites (tertiary alicyclic amines) is 1. The summed E-state index contributed by atoms with van der Waals surface area (Å²) in [7, 11) is 2.09. The van der Waals surface area contributed by atoms with Crippen LogP contribution in [0.1, 0.15) is 29.6 Å². The number of nitrogens with one attached hydrogen (secondary N) is 1. The van der Waals surface area contributed by atoms with Crippen LogP contribution < -0.4 is 0 Å². The minimum atomic E-state index is -0.0133. The fourth-order valence-corrected chi connectivity index (χ4v) is 3.92. The minimum Gasteiger partial charge on any atom is -0.454 e. The molecule has 1 aliphatic heterocycles. The average Bonchev–Trinajstić information content (AvgIpc) is 3.38. The number of fused-ring (bicyclic) bond motifs is 1. The van der Waals surface area contributed by atoms with E-state index < -0.39 is 0 Å². The molecule has 2 aromatic heterocycles. The molecule has 1 amide bonds. The lowest BCUT2D eigenvalue weighted by molar-refractivity contribution is 0.0642. The Morgan fingerprint density at radius 1 is 1.36 bits per heavy atom. The Morgan fingerprint density at radius 2 is 2.14 bits per heavy atom. The van der Waals surface area contributed by atoms with Gasteiger partial charge in [-0.15, -0.1) is 0 Å². The molecule has 2 N–H and O–H groups in total. The van der Waals surface area contributed by atoms with Crippen molar-refractivity contribution in [3.05, 3.63) is 42.1 Å². The number of furan rings is 1. The third-order valence-electron chi connectivity index (χ3n) is 5.59. The molecule has 1 aromatic carbocycles. The highest BCUT2D eigenvalue weighted by molar-refractivity contribution is 6.00. The molecule has 1 aliphatic rings. The zero-order chi connectivity index (χ0) is 19.5. The SMILES string of the molecule is CN(CCCO)C1CCN(C(=O)c2cn[nH]c2-c2cc3ccccc3o2)CC1. The van der Waals surface area contributed by atoms with E-state index in [1.54, 1.807) is 6.20 Å². The number of piperidine rings is 1. The van der Waals surface area contributed by atoms with Gasteiger partial charge in [-0.2, -0.15) is 5.10 Å². The van der Waals surface area contributed by atoms with E-state index in [2.05, 4.69) is 22.1 Å². The second kappa shape index (κ2) is 8.16. The molecule has 3 aromatic rings. The number of hydrogen-bond acceptors (Lipinski definition) is 5.